The van der Waals surface area contributed by atoms with Gasteiger partial charge in [0.2, 0.25) is 0 Å². The van der Waals surface area contributed by atoms with Gasteiger partial charge in [0.15, 0.2) is 5.84 Å². The van der Waals surface area contributed by atoms with Gasteiger partial charge in [-0.05, 0) is 42.5 Å². The minimum absolute atomic E-state index is 0.282. The maximum Gasteiger partial charge on any atom is 0.154 e. The highest BCUT2D eigenvalue weighted by molar-refractivity contribution is 6.09. The van der Waals surface area contributed by atoms with E-state index in [4.69, 9.17) is 4.74 Å². The van der Waals surface area contributed by atoms with Crippen LogP contribution in [-0.4, -0.2) is 40.0 Å². The zero-order valence-electron chi connectivity index (χ0n) is 14.9. The number of rotatable bonds is 4. The predicted octanol–water partition coefficient (Wildman–Crippen LogP) is 2.99. The smallest absolute Gasteiger partial charge is 0.154 e. The largest absolute Gasteiger partial charge is 0.376 e. The summed E-state index contributed by atoms with van der Waals surface area (Å²) in [4.78, 5) is 17.7. The van der Waals surface area contributed by atoms with Crippen molar-refractivity contribution >= 4 is 28.1 Å². The normalized spacial score (nSPS) is 18.4. The molecule has 2 aliphatic rings. The Labute approximate surface area is 156 Å². The van der Waals surface area contributed by atoms with Crippen LogP contribution < -0.4 is 10.6 Å². The van der Waals surface area contributed by atoms with E-state index in [1.54, 1.807) is 12.4 Å². The van der Waals surface area contributed by atoms with Gasteiger partial charge in [-0.25, -0.2) is 9.97 Å². The SMILES string of the molecule is c1cnc2c(n1)CN=C2Nc1ccc2c(NC[C@H]3CCCO3)nccc2c1. The Morgan fingerprint density at radius 1 is 1.07 bits per heavy atom. The molecule has 0 bridgehead atoms. The zero-order chi connectivity index (χ0) is 18.1. The highest BCUT2D eigenvalue weighted by Crippen LogP contribution is 2.26. The first-order valence-corrected chi connectivity index (χ1v) is 9.23. The first-order valence-electron chi connectivity index (χ1n) is 9.23. The lowest BCUT2D eigenvalue weighted by atomic mass is 10.1. The minimum atomic E-state index is 0.282. The van der Waals surface area contributed by atoms with Crippen molar-refractivity contribution in [1.29, 1.82) is 0 Å². The van der Waals surface area contributed by atoms with Crippen molar-refractivity contribution in [2.75, 3.05) is 23.8 Å². The highest BCUT2D eigenvalue weighted by Gasteiger charge is 2.19. The standard InChI is InChI=1S/C20H20N6O/c1-2-15(27-9-1)11-24-19-16-4-3-14(10-13(16)5-6-23-19)26-20-18-17(12-25-20)21-7-8-22-18/h3-8,10,15H,1-2,9,11-12H2,(H,23,24)(H,25,26)/t15-/m1/s1. The summed E-state index contributed by atoms with van der Waals surface area (Å²) in [7, 11) is 0. The van der Waals surface area contributed by atoms with Crippen molar-refractivity contribution in [1.82, 2.24) is 15.0 Å². The molecule has 27 heavy (non-hydrogen) atoms. The lowest BCUT2D eigenvalue weighted by Gasteiger charge is -2.14. The molecule has 4 heterocycles. The Morgan fingerprint density at radius 3 is 2.96 bits per heavy atom. The number of aliphatic imine (C=N–C) groups is 1. The average Bonchev–Trinajstić information content (AvgIpc) is 3.36. The fraction of sp³-hybridized carbons (Fsp3) is 0.300. The molecule has 5 rings (SSSR count). The molecule has 7 nitrogen and oxygen atoms in total. The molecule has 0 amide bonds. The lowest BCUT2D eigenvalue weighted by Crippen LogP contribution is -2.19. The highest BCUT2D eigenvalue weighted by atomic mass is 16.5. The van der Waals surface area contributed by atoms with Crippen LogP contribution in [0.25, 0.3) is 10.8 Å². The Morgan fingerprint density at radius 2 is 2.04 bits per heavy atom. The van der Waals surface area contributed by atoms with Crippen LogP contribution in [0.1, 0.15) is 24.2 Å². The molecule has 3 aromatic rings. The van der Waals surface area contributed by atoms with Crippen molar-refractivity contribution in [3.8, 4) is 0 Å². The molecular weight excluding hydrogens is 340 g/mol. The number of hydrogen-bond acceptors (Lipinski definition) is 7. The number of fused-ring (bicyclic) bond motifs is 2. The molecular formula is C20H20N6O. The fourth-order valence-electron chi connectivity index (χ4n) is 3.56. The van der Waals surface area contributed by atoms with Gasteiger partial charge < -0.3 is 15.4 Å². The number of hydrogen-bond donors (Lipinski definition) is 2. The molecule has 1 fully saturated rings. The molecule has 7 heteroatoms. The second-order valence-corrected chi connectivity index (χ2v) is 6.75. The molecule has 2 aromatic heterocycles. The zero-order valence-corrected chi connectivity index (χ0v) is 14.9. The Kier molecular flexibility index (Phi) is 4.14. The molecule has 0 spiro atoms. The number of nitrogens with zero attached hydrogens (tertiary/aromatic N) is 4. The summed E-state index contributed by atoms with van der Waals surface area (Å²) in [6.07, 6.45) is 7.76. The Bertz CT molecular complexity index is 1010. The number of ether oxygens (including phenoxy) is 1. The second kappa shape index (κ2) is 6.92. The van der Waals surface area contributed by atoms with E-state index in [-0.39, 0.29) is 6.10 Å². The van der Waals surface area contributed by atoms with Crippen molar-refractivity contribution in [2.24, 2.45) is 4.99 Å². The monoisotopic (exact) mass is 360 g/mol. The third-order valence-corrected chi connectivity index (χ3v) is 4.93. The first kappa shape index (κ1) is 16.1. The van der Waals surface area contributed by atoms with E-state index in [2.05, 4.69) is 42.7 Å². The summed E-state index contributed by atoms with van der Waals surface area (Å²) in [6.45, 7) is 2.22. The van der Waals surface area contributed by atoms with Gasteiger partial charge in [-0.15, -0.1) is 0 Å². The van der Waals surface area contributed by atoms with Crippen molar-refractivity contribution < 1.29 is 4.74 Å². The van der Waals surface area contributed by atoms with E-state index in [9.17, 15) is 0 Å². The number of aromatic nitrogens is 3. The van der Waals surface area contributed by atoms with Gasteiger partial charge in [-0.1, -0.05) is 0 Å². The van der Waals surface area contributed by atoms with E-state index < -0.39 is 0 Å². The summed E-state index contributed by atoms with van der Waals surface area (Å²) < 4.78 is 5.68. The van der Waals surface area contributed by atoms with Crippen molar-refractivity contribution in [3.05, 3.63) is 54.2 Å². The second-order valence-electron chi connectivity index (χ2n) is 6.75. The van der Waals surface area contributed by atoms with Crippen LogP contribution in [0.4, 0.5) is 11.5 Å². The van der Waals surface area contributed by atoms with Gasteiger partial charge in [-0.3, -0.25) is 9.98 Å². The van der Waals surface area contributed by atoms with E-state index in [1.165, 1.54) is 0 Å². The summed E-state index contributed by atoms with van der Waals surface area (Å²) in [5, 5.41) is 9.01. The van der Waals surface area contributed by atoms with Gasteiger partial charge in [-0.2, -0.15) is 0 Å². The van der Waals surface area contributed by atoms with Gasteiger partial charge in [0.25, 0.3) is 0 Å². The topological polar surface area (TPSA) is 84.3 Å². The van der Waals surface area contributed by atoms with Gasteiger partial charge >= 0.3 is 0 Å². The average molecular weight is 360 g/mol. The van der Waals surface area contributed by atoms with E-state index in [0.29, 0.717) is 6.54 Å². The molecule has 0 saturated carbocycles. The van der Waals surface area contributed by atoms with E-state index >= 15 is 0 Å². The molecule has 136 valence electrons. The van der Waals surface area contributed by atoms with E-state index in [0.717, 1.165) is 65.5 Å². The quantitative estimate of drug-likeness (QED) is 0.744. The summed E-state index contributed by atoms with van der Waals surface area (Å²) in [5.41, 5.74) is 2.70. The Hall–Kier alpha value is -3.06. The summed E-state index contributed by atoms with van der Waals surface area (Å²) >= 11 is 0. The van der Waals surface area contributed by atoms with Gasteiger partial charge in [0, 0.05) is 42.8 Å². The van der Waals surface area contributed by atoms with Gasteiger partial charge in [0.1, 0.15) is 11.5 Å². The number of anilines is 2. The summed E-state index contributed by atoms with van der Waals surface area (Å²) in [6, 6.07) is 8.24. The lowest BCUT2D eigenvalue weighted by molar-refractivity contribution is 0.120. The fourth-order valence-corrected chi connectivity index (χ4v) is 3.56. The molecule has 0 aliphatic carbocycles. The Balaban J connectivity index is 1.36. The summed E-state index contributed by atoms with van der Waals surface area (Å²) in [5.74, 6) is 1.66. The number of benzene rings is 1. The number of amidine groups is 1. The molecule has 0 radical (unpaired) electrons. The molecule has 1 aromatic carbocycles. The maximum absolute atomic E-state index is 5.68. The van der Waals surface area contributed by atoms with Crippen LogP contribution >= 0.6 is 0 Å². The molecule has 1 saturated heterocycles. The van der Waals surface area contributed by atoms with Gasteiger partial charge in [0.05, 0.1) is 18.3 Å². The van der Waals surface area contributed by atoms with Crippen molar-refractivity contribution in [2.45, 2.75) is 25.5 Å². The third-order valence-electron chi connectivity index (χ3n) is 4.93. The van der Waals surface area contributed by atoms with Crippen LogP contribution in [0.2, 0.25) is 0 Å². The van der Waals surface area contributed by atoms with Crippen molar-refractivity contribution in [3.63, 3.8) is 0 Å². The molecule has 2 aliphatic heterocycles. The van der Waals surface area contributed by atoms with E-state index in [1.807, 2.05) is 18.3 Å². The van der Waals surface area contributed by atoms with Crippen LogP contribution in [0.3, 0.4) is 0 Å². The molecule has 1 atom stereocenters. The molecule has 0 unspecified atom stereocenters. The molecule has 2 N–H and O–H groups in total. The maximum atomic E-state index is 5.68. The number of nitrogens with one attached hydrogen (secondary N) is 2. The van der Waals surface area contributed by atoms with Crippen LogP contribution in [0, 0.1) is 0 Å². The van der Waals surface area contributed by atoms with Crippen LogP contribution in [-0.2, 0) is 11.3 Å². The number of pyridine rings is 1. The predicted molar refractivity (Wildman–Crippen MR) is 105 cm³/mol. The minimum Gasteiger partial charge on any atom is -0.376 e. The first-order chi connectivity index (χ1) is 13.4. The van der Waals surface area contributed by atoms with Crippen LogP contribution in [0.5, 0.6) is 0 Å². The van der Waals surface area contributed by atoms with Crippen LogP contribution in [0.15, 0.2) is 47.8 Å². The third kappa shape index (κ3) is 3.21.